The van der Waals surface area contributed by atoms with Crippen molar-refractivity contribution in [3.63, 3.8) is 0 Å². The first-order valence-electron chi connectivity index (χ1n) is 7.13. The lowest BCUT2D eigenvalue weighted by molar-refractivity contribution is 0.675. The second-order valence-electron chi connectivity index (χ2n) is 5.29. The Morgan fingerprint density at radius 2 is 2.16 bits per heavy atom. The highest BCUT2D eigenvalue weighted by Gasteiger charge is 2.02. The van der Waals surface area contributed by atoms with Crippen LogP contribution in [0.4, 0.5) is 0 Å². The lowest BCUT2D eigenvalue weighted by Crippen LogP contribution is -2.13. The van der Waals surface area contributed by atoms with Crippen molar-refractivity contribution in [2.45, 2.75) is 39.8 Å². The molecule has 0 bridgehead atoms. The smallest absolute Gasteiger partial charge is 0.0483 e. The predicted molar refractivity (Wildman–Crippen MR) is 83.4 cm³/mol. The molecule has 1 N–H and O–H groups in total. The van der Waals surface area contributed by atoms with Crippen LogP contribution in [0.15, 0.2) is 42.6 Å². The molecule has 0 spiro atoms. The molecule has 0 fully saturated rings. The lowest BCUT2D eigenvalue weighted by Gasteiger charge is -2.08. The second kappa shape index (κ2) is 6.58. The van der Waals surface area contributed by atoms with Crippen molar-refractivity contribution in [3.05, 3.63) is 48.2 Å². The zero-order valence-electron chi connectivity index (χ0n) is 12.1. The molecule has 2 aromatic rings. The molecule has 0 amide bonds. The predicted octanol–water partition coefficient (Wildman–Crippen LogP) is 4.11. The van der Waals surface area contributed by atoms with Gasteiger partial charge in [-0.15, -0.1) is 6.58 Å². The van der Waals surface area contributed by atoms with E-state index in [4.69, 9.17) is 0 Å². The van der Waals surface area contributed by atoms with E-state index in [1.807, 2.05) is 0 Å². The van der Waals surface area contributed by atoms with Gasteiger partial charge >= 0.3 is 0 Å². The van der Waals surface area contributed by atoms with Crippen molar-refractivity contribution in [2.24, 2.45) is 0 Å². The summed E-state index contributed by atoms with van der Waals surface area (Å²) in [6.45, 7) is 11.3. The highest BCUT2D eigenvalue weighted by molar-refractivity contribution is 5.80. The van der Waals surface area contributed by atoms with Crippen LogP contribution in [0.1, 0.15) is 32.3 Å². The number of aromatic nitrogens is 1. The van der Waals surface area contributed by atoms with E-state index in [1.54, 1.807) is 0 Å². The van der Waals surface area contributed by atoms with Gasteiger partial charge in [0.15, 0.2) is 0 Å². The van der Waals surface area contributed by atoms with Gasteiger partial charge in [-0.1, -0.05) is 24.6 Å². The summed E-state index contributed by atoms with van der Waals surface area (Å²) >= 11 is 0. The summed E-state index contributed by atoms with van der Waals surface area (Å²) in [4.78, 5) is 0. The standard InChI is InChI=1S/C17H24N2/c1-4-9-18-13-15-5-6-16-8-11-19(17(16)12-15)10-7-14(2)3/h5-6,8,11-12,18H,2,4,7,9-10,13H2,1,3H3. The molecule has 19 heavy (non-hydrogen) atoms. The molecule has 1 heterocycles. The number of allylic oxidation sites excluding steroid dienone is 1. The van der Waals surface area contributed by atoms with E-state index in [9.17, 15) is 0 Å². The van der Waals surface area contributed by atoms with Crippen LogP contribution in [0.5, 0.6) is 0 Å². The molecule has 0 saturated carbocycles. The number of nitrogens with one attached hydrogen (secondary N) is 1. The fourth-order valence-corrected chi connectivity index (χ4v) is 2.26. The number of rotatable bonds is 7. The summed E-state index contributed by atoms with van der Waals surface area (Å²) in [5.41, 5.74) is 3.93. The SMILES string of the molecule is C=C(C)CCn1ccc2ccc(CNCCC)cc21. The van der Waals surface area contributed by atoms with Gasteiger partial charge in [0.2, 0.25) is 0 Å². The number of nitrogens with zero attached hydrogens (tertiary/aromatic N) is 1. The van der Waals surface area contributed by atoms with Gasteiger partial charge in [0.25, 0.3) is 0 Å². The van der Waals surface area contributed by atoms with Crippen molar-refractivity contribution in [1.82, 2.24) is 9.88 Å². The summed E-state index contributed by atoms with van der Waals surface area (Å²) in [5, 5.41) is 4.77. The fourth-order valence-electron chi connectivity index (χ4n) is 2.26. The van der Waals surface area contributed by atoms with Crippen LogP contribution in [0.3, 0.4) is 0 Å². The largest absolute Gasteiger partial charge is 0.347 e. The summed E-state index contributed by atoms with van der Waals surface area (Å²) in [7, 11) is 0. The molecule has 2 nitrogen and oxygen atoms in total. The van der Waals surface area contributed by atoms with Gasteiger partial charge in [-0.25, -0.2) is 0 Å². The Morgan fingerprint density at radius 3 is 2.89 bits per heavy atom. The topological polar surface area (TPSA) is 17.0 Å². The molecule has 0 aliphatic heterocycles. The molecule has 1 aromatic carbocycles. The maximum Gasteiger partial charge on any atom is 0.0483 e. The van der Waals surface area contributed by atoms with E-state index in [0.717, 1.165) is 26.1 Å². The van der Waals surface area contributed by atoms with Crippen LogP contribution in [0.2, 0.25) is 0 Å². The Morgan fingerprint density at radius 1 is 1.32 bits per heavy atom. The maximum atomic E-state index is 3.98. The average molecular weight is 256 g/mol. The van der Waals surface area contributed by atoms with Crippen LogP contribution < -0.4 is 5.32 Å². The zero-order valence-corrected chi connectivity index (χ0v) is 12.1. The van der Waals surface area contributed by atoms with Crippen molar-refractivity contribution in [1.29, 1.82) is 0 Å². The molecule has 0 atom stereocenters. The molecular formula is C17H24N2. The van der Waals surface area contributed by atoms with E-state index in [2.05, 4.69) is 60.8 Å². The molecule has 0 radical (unpaired) electrons. The third kappa shape index (κ3) is 3.71. The van der Waals surface area contributed by atoms with Crippen molar-refractivity contribution in [3.8, 4) is 0 Å². The molecule has 2 rings (SSSR count). The van der Waals surface area contributed by atoms with Gasteiger partial charge < -0.3 is 9.88 Å². The number of benzene rings is 1. The Balaban J connectivity index is 2.14. The van der Waals surface area contributed by atoms with Crippen molar-refractivity contribution < 1.29 is 0 Å². The Hall–Kier alpha value is -1.54. The number of aryl methyl sites for hydroxylation is 1. The molecule has 1 aromatic heterocycles. The molecule has 0 saturated heterocycles. The van der Waals surface area contributed by atoms with E-state index in [0.29, 0.717) is 0 Å². The van der Waals surface area contributed by atoms with E-state index in [1.165, 1.54) is 28.5 Å². The normalized spacial score (nSPS) is 11.1. The molecule has 0 unspecified atom stereocenters. The minimum Gasteiger partial charge on any atom is -0.347 e. The van der Waals surface area contributed by atoms with Gasteiger partial charge in [0, 0.05) is 24.8 Å². The quantitative estimate of drug-likeness (QED) is 0.583. The Labute approximate surface area is 116 Å². The van der Waals surface area contributed by atoms with Crippen LogP contribution in [-0.2, 0) is 13.1 Å². The Kier molecular flexibility index (Phi) is 4.80. The van der Waals surface area contributed by atoms with E-state index >= 15 is 0 Å². The molecule has 0 aliphatic rings. The van der Waals surface area contributed by atoms with Crippen LogP contribution in [0.25, 0.3) is 10.9 Å². The minimum atomic E-state index is 0.954. The summed E-state index contributed by atoms with van der Waals surface area (Å²) in [5.74, 6) is 0. The van der Waals surface area contributed by atoms with Gasteiger partial charge in [-0.2, -0.15) is 0 Å². The first kappa shape index (κ1) is 13.9. The summed E-state index contributed by atoms with van der Waals surface area (Å²) in [6, 6.07) is 8.93. The monoisotopic (exact) mass is 256 g/mol. The van der Waals surface area contributed by atoms with Crippen LogP contribution in [-0.4, -0.2) is 11.1 Å². The Bertz CT molecular complexity index is 551. The number of hydrogen-bond donors (Lipinski definition) is 1. The van der Waals surface area contributed by atoms with Crippen LogP contribution in [0, 0.1) is 0 Å². The average Bonchev–Trinajstić information content (AvgIpc) is 2.79. The van der Waals surface area contributed by atoms with Gasteiger partial charge in [0.1, 0.15) is 0 Å². The highest BCUT2D eigenvalue weighted by atomic mass is 14.9. The highest BCUT2D eigenvalue weighted by Crippen LogP contribution is 2.18. The number of hydrogen-bond acceptors (Lipinski definition) is 1. The fraction of sp³-hybridized carbons (Fsp3) is 0.412. The maximum absolute atomic E-state index is 3.98. The van der Waals surface area contributed by atoms with Crippen LogP contribution >= 0.6 is 0 Å². The second-order valence-corrected chi connectivity index (χ2v) is 5.29. The summed E-state index contributed by atoms with van der Waals surface area (Å²) in [6.07, 6.45) is 4.40. The van der Waals surface area contributed by atoms with E-state index in [-0.39, 0.29) is 0 Å². The van der Waals surface area contributed by atoms with Crippen molar-refractivity contribution >= 4 is 10.9 Å². The first-order valence-corrected chi connectivity index (χ1v) is 7.13. The lowest BCUT2D eigenvalue weighted by atomic mass is 10.1. The zero-order chi connectivity index (χ0) is 13.7. The van der Waals surface area contributed by atoms with Gasteiger partial charge in [-0.05, 0) is 49.4 Å². The van der Waals surface area contributed by atoms with Crippen molar-refractivity contribution in [2.75, 3.05) is 6.54 Å². The van der Waals surface area contributed by atoms with Gasteiger partial charge in [0.05, 0.1) is 0 Å². The molecular weight excluding hydrogens is 232 g/mol. The van der Waals surface area contributed by atoms with E-state index < -0.39 is 0 Å². The molecule has 0 aliphatic carbocycles. The number of fused-ring (bicyclic) bond motifs is 1. The molecule has 2 heteroatoms. The van der Waals surface area contributed by atoms with Gasteiger partial charge in [-0.3, -0.25) is 0 Å². The third-order valence-electron chi connectivity index (χ3n) is 3.37. The molecule has 102 valence electrons. The first-order chi connectivity index (χ1) is 9.20. The minimum absolute atomic E-state index is 0.954. The third-order valence-corrected chi connectivity index (χ3v) is 3.37. The summed E-state index contributed by atoms with van der Waals surface area (Å²) < 4.78 is 2.33.